The van der Waals surface area contributed by atoms with Crippen molar-refractivity contribution >= 4 is 23.3 Å². The number of benzene rings is 2. The van der Waals surface area contributed by atoms with Gasteiger partial charge in [-0.1, -0.05) is 24.3 Å². The molecule has 0 saturated heterocycles. The number of hydrogen-bond donors (Lipinski definition) is 1. The van der Waals surface area contributed by atoms with Gasteiger partial charge in [0.1, 0.15) is 0 Å². The standard InChI is InChI=1S/C20H18N4O4/c1-12-5-3-7-14(9-12)23-11-16-17(19(23)25)18(21-20(26)22(16)2)13-6-4-8-15(10-13)24(27)28/h3-10,18H,11H2,1-2H3,(H,21,26). The summed E-state index contributed by atoms with van der Waals surface area (Å²) in [5.41, 5.74) is 3.22. The second kappa shape index (κ2) is 6.49. The van der Waals surface area contributed by atoms with Gasteiger partial charge in [-0.3, -0.25) is 19.8 Å². The van der Waals surface area contributed by atoms with E-state index in [1.165, 1.54) is 17.0 Å². The molecule has 0 bridgehead atoms. The van der Waals surface area contributed by atoms with Gasteiger partial charge >= 0.3 is 6.03 Å². The number of carbonyl (C=O) groups is 2. The third kappa shape index (κ3) is 2.79. The largest absolute Gasteiger partial charge is 0.327 e. The van der Waals surface area contributed by atoms with Crippen LogP contribution >= 0.6 is 0 Å². The molecular formula is C20H18N4O4. The van der Waals surface area contributed by atoms with E-state index in [1.54, 1.807) is 24.1 Å². The van der Waals surface area contributed by atoms with Gasteiger partial charge < -0.3 is 10.2 Å². The number of nitrogens with zero attached hydrogens (tertiary/aromatic N) is 3. The number of rotatable bonds is 3. The molecule has 2 aliphatic rings. The quantitative estimate of drug-likeness (QED) is 0.656. The number of aryl methyl sites for hydroxylation is 1. The van der Waals surface area contributed by atoms with Crippen molar-refractivity contribution in [2.24, 2.45) is 0 Å². The van der Waals surface area contributed by atoms with Gasteiger partial charge in [-0.05, 0) is 30.2 Å². The van der Waals surface area contributed by atoms with Gasteiger partial charge in [-0.2, -0.15) is 0 Å². The van der Waals surface area contributed by atoms with Crippen LogP contribution in [0.3, 0.4) is 0 Å². The first-order chi connectivity index (χ1) is 13.4. The maximum Gasteiger partial charge on any atom is 0.322 e. The first kappa shape index (κ1) is 17.7. The van der Waals surface area contributed by atoms with Gasteiger partial charge in [0.15, 0.2) is 0 Å². The Labute approximate surface area is 161 Å². The predicted octanol–water partition coefficient (Wildman–Crippen LogP) is 2.90. The van der Waals surface area contributed by atoms with Crippen LogP contribution in [0.4, 0.5) is 16.2 Å². The number of anilines is 1. The zero-order valence-electron chi connectivity index (χ0n) is 15.4. The van der Waals surface area contributed by atoms with E-state index >= 15 is 0 Å². The summed E-state index contributed by atoms with van der Waals surface area (Å²) in [6.07, 6.45) is 0. The Kier molecular flexibility index (Phi) is 4.11. The smallest absolute Gasteiger partial charge is 0.322 e. The molecule has 28 heavy (non-hydrogen) atoms. The van der Waals surface area contributed by atoms with Crippen molar-refractivity contribution in [3.8, 4) is 0 Å². The summed E-state index contributed by atoms with van der Waals surface area (Å²) in [5, 5.41) is 13.9. The van der Waals surface area contributed by atoms with E-state index in [0.29, 0.717) is 16.8 Å². The summed E-state index contributed by atoms with van der Waals surface area (Å²) >= 11 is 0. The molecule has 1 unspecified atom stereocenters. The zero-order chi connectivity index (χ0) is 20.0. The average Bonchev–Trinajstić information content (AvgIpc) is 3.02. The minimum atomic E-state index is -0.735. The fourth-order valence-electron chi connectivity index (χ4n) is 3.64. The lowest BCUT2D eigenvalue weighted by Crippen LogP contribution is -2.45. The molecule has 0 aromatic heterocycles. The lowest BCUT2D eigenvalue weighted by atomic mass is 9.95. The molecular weight excluding hydrogens is 360 g/mol. The maximum absolute atomic E-state index is 13.3. The lowest BCUT2D eigenvalue weighted by molar-refractivity contribution is -0.384. The molecule has 0 aliphatic carbocycles. The predicted molar refractivity (Wildman–Crippen MR) is 103 cm³/mol. The first-order valence-electron chi connectivity index (χ1n) is 8.77. The van der Waals surface area contributed by atoms with E-state index in [1.807, 2.05) is 31.2 Å². The SMILES string of the molecule is Cc1cccc(N2CC3=C(C2=O)C(c2cccc([N+](=O)[O-])c2)NC(=O)N3C)c1. The van der Waals surface area contributed by atoms with Crippen LogP contribution in [0.2, 0.25) is 0 Å². The van der Waals surface area contributed by atoms with Gasteiger partial charge in [-0.25, -0.2) is 4.79 Å². The number of nitrogens with one attached hydrogen (secondary N) is 1. The monoisotopic (exact) mass is 378 g/mol. The molecule has 0 fully saturated rings. The van der Waals surface area contributed by atoms with Crippen molar-refractivity contribution in [3.63, 3.8) is 0 Å². The normalized spacial score (nSPS) is 19.0. The number of nitro groups is 1. The number of hydrogen-bond acceptors (Lipinski definition) is 4. The Morgan fingerprint density at radius 1 is 1.14 bits per heavy atom. The topological polar surface area (TPSA) is 95.8 Å². The fourth-order valence-corrected chi connectivity index (χ4v) is 3.64. The average molecular weight is 378 g/mol. The molecule has 0 spiro atoms. The zero-order valence-corrected chi connectivity index (χ0v) is 15.4. The van der Waals surface area contributed by atoms with Crippen LogP contribution in [-0.4, -0.2) is 35.4 Å². The van der Waals surface area contributed by atoms with Crippen molar-refractivity contribution in [2.75, 3.05) is 18.5 Å². The molecule has 2 aromatic carbocycles. The van der Waals surface area contributed by atoms with Crippen LogP contribution in [-0.2, 0) is 4.79 Å². The Hall–Kier alpha value is -3.68. The third-order valence-electron chi connectivity index (χ3n) is 5.09. The van der Waals surface area contributed by atoms with Crippen LogP contribution < -0.4 is 10.2 Å². The number of amides is 3. The molecule has 8 nitrogen and oxygen atoms in total. The Bertz CT molecular complexity index is 1050. The van der Waals surface area contributed by atoms with Crippen LogP contribution in [0.1, 0.15) is 17.2 Å². The van der Waals surface area contributed by atoms with Crippen LogP contribution in [0.25, 0.3) is 0 Å². The van der Waals surface area contributed by atoms with Crippen molar-refractivity contribution in [1.82, 2.24) is 10.2 Å². The minimum Gasteiger partial charge on any atom is -0.327 e. The highest BCUT2D eigenvalue weighted by Gasteiger charge is 2.43. The maximum atomic E-state index is 13.3. The summed E-state index contributed by atoms with van der Waals surface area (Å²) in [5.74, 6) is -0.219. The van der Waals surface area contributed by atoms with Crippen molar-refractivity contribution in [2.45, 2.75) is 13.0 Å². The van der Waals surface area contributed by atoms with Gasteiger partial charge in [0.2, 0.25) is 0 Å². The molecule has 2 heterocycles. The number of urea groups is 1. The Morgan fingerprint density at radius 3 is 2.61 bits per heavy atom. The fraction of sp³-hybridized carbons (Fsp3) is 0.200. The summed E-state index contributed by atoms with van der Waals surface area (Å²) in [7, 11) is 1.61. The summed E-state index contributed by atoms with van der Waals surface area (Å²) < 4.78 is 0. The third-order valence-corrected chi connectivity index (χ3v) is 5.09. The molecule has 3 amide bonds. The first-order valence-corrected chi connectivity index (χ1v) is 8.77. The summed E-state index contributed by atoms with van der Waals surface area (Å²) in [4.78, 5) is 39.4. The van der Waals surface area contributed by atoms with Crippen LogP contribution in [0.15, 0.2) is 59.8 Å². The van der Waals surface area contributed by atoms with E-state index in [4.69, 9.17) is 0 Å². The minimum absolute atomic E-state index is 0.0891. The van der Waals surface area contributed by atoms with E-state index in [-0.39, 0.29) is 24.2 Å². The van der Waals surface area contributed by atoms with Crippen molar-refractivity contribution < 1.29 is 14.5 Å². The molecule has 1 atom stereocenters. The second-order valence-corrected chi connectivity index (χ2v) is 6.88. The summed E-state index contributed by atoms with van der Waals surface area (Å²) in [6.45, 7) is 2.22. The second-order valence-electron chi connectivity index (χ2n) is 6.88. The molecule has 2 aromatic rings. The highest BCUT2D eigenvalue weighted by molar-refractivity contribution is 6.11. The van der Waals surface area contributed by atoms with Crippen molar-refractivity contribution in [3.05, 3.63) is 81.0 Å². The van der Waals surface area contributed by atoms with E-state index in [0.717, 1.165) is 11.3 Å². The number of nitro benzene ring substituents is 1. The van der Waals surface area contributed by atoms with E-state index < -0.39 is 11.0 Å². The van der Waals surface area contributed by atoms with E-state index in [9.17, 15) is 19.7 Å². The number of non-ortho nitro benzene ring substituents is 1. The van der Waals surface area contributed by atoms with Gasteiger partial charge in [0.25, 0.3) is 11.6 Å². The molecule has 142 valence electrons. The number of likely N-dealkylation sites (N-methyl/N-ethyl adjacent to an activating group) is 1. The van der Waals surface area contributed by atoms with Crippen molar-refractivity contribution in [1.29, 1.82) is 0 Å². The van der Waals surface area contributed by atoms with Gasteiger partial charge in [0, 0.05) is 24.9 Å². The molecule has 2 aliphatic heterocycles. The molecule has 4 rings (SSSR count). The summed E-state index contributed by atoms with van der Waals surface area (Å²) in [6, 6.07) is 12.5. The molecule has 8 heteroatoms. The molecule has 0 radical (unpaired) electrons. The number of carbonyl (C=O) groups excluding carboxylic acids is 2. The molecule has 0 saturated carbocycles. The van der Waals surface area contributed by atoms with Gasteiger partial charge in [-0.15, -0.1) is 0 Å². The highest BCUT2D eigenvalue weighted by Crippen LogP contribution is 2.38. The lowest BCUT2D eigenvalue weighted by Gasteiger charge is -2.30. The Balaban J connectivity index is 1.78. The Morgan fingerprint density at radius 2 is 1.89 bits per heavy atom. The van der Waals surface area contributed by atoms with Gasteiger partial charge in [0.05, 0.1) is 28.8 Å². The van der Waals surface area contributed by atoms with E-state index in [2.05, 4.69) is 5.32 Å². The van der Waals surface area contributed by atoms with Crippen LogP contribution in [0, 0.1) is 17.0 Å². The molecule has 1 N–H and O–H groups in total. The highest BCUT2D eigenvalue weighted by atomic mass is 16.6. The van der Waals surface area contributed by atoms with Crippen LogP contribution in [0.5, 0.6) is 0 Å².